The molecule has 7 nitrogen and oxygen atoms in total. The Morgan fingerprint density at radius 2 is 1.88 bits per heavy atom. The van der Waals surface area contributed by atoms with E-state index in [1.807, 2.05) is 13.0 Å². The average molecular weight is 470 g/mol. The summed E-state index contributed by atoms with van der Waals surface area (Å²) in [7, 11) is 0. The van der Waals surface area contributed by atoms with Gasteiger partial charge in [-0.05, 0) is 69.7 Å². The van der Waals surface area contributed by atoms with Gasteiger partial charge in [-0.25, -0.2) is 13.9 Å². The van der Waals surface area contributed by atoms with E-state index in [1.54, 1.807) is 10.7 Å². The molecule has 0 aliphatic heterocycles. The van der Waals surface area contributed by atoms with Gasteiger partial charge in [-0.15, -0.1) is 0 Å². The van der Waals surface area contributed by atoms with Crippen LogP contribution in [0.15, 0.2) is 30.5 Å². The normalized spacial score (nSPS) is 20.6. The lowest BCUT2D eigenvalue weighted by molar-refractivity contribution is -0.120. The van der Waals surface area contributed by atoms with Gasteiger partial charge in [-0.1, -0.05) is 11.6 Å². The third kappa shape index (κ3) is 4.57. The van der Waals surface area contributed by atoms with Crippen molar-refractivity contribution in [3.8, 4) is 0 Å². The van der Waals surface area contributed by atoms with E-state index in [0.717, 1.165) is 24.2 Å². The molecule has 0 unspecified atom stereocenters. The van der Waals surface area contributed by atoms with Crippen LogP contribution in [0, 0.1) is 18.7 Å². The van der Waals surface area contributed by atoms with Crippen molar-refractivity contribution in [1.29, 1.82) is 0 Å². The van der Waals surface area contributed by atoms with Gasteiger partial charge in [0, 0.05) is 29.3 Å². The van der Waals surface area contributed by atoms with Crippen molar-refractivity contribution in [2.75, 3.05) is 5.32 Å². The fourth-order valence-electron chi connectivity index (χ4n) is 4.47. The highest BCUT2D eigenvalue weighted by Crippen LogP contribution is 2.39. The minimum atomic E-state index is -0.449. The van der Waals surface area contributed by atoms with Crippen molar-refractivity contribution in [2.45, 2.75) is 57.4 Å². The quantitative estimate of drug-likeness (QED) is 0.570. The summed E-state index contributed by atoms with van der Waals surface area (Å²) < 4.78 is 14.9. The molecule has 0 spiro atoms. The van der Waals surface area contributed by atoms with Crippen LogP contribution in [0.1, 0.15) is 66.2 Å². The van der Waals surface area contributed by atoms with E-state index in [1.165, 1.54) is 18.2 Å². The number of fused-ring (bicyclic) bond motifs is 1. The van der Waals surface area contributed by atoms with E-state index in [2.05, 4.69) is 15.7 Å². The van der Waals surface area contributed by atoms with E-state index < -0.39 is 5.82 Å². The third-order valence-electron chi connectivity index (χ3n) is 6.53. The van der Waals surface area contributed by atoms with Crippen LogP contribution in [0.3, 0.4) is 0 Å². The summed E-state index contributed by atoms with van der Waals surface area (Å²) in [5.41, 5.74) is 3.47. The molecule has 2 N–H and O–H groups in total. The van der Waals surface area contributed by atoms with Crippen molar-refractivity contribution < 1.29 is 14.0 Å². The lowest BCUT2D eigenvalue weighted by Crippen LogP contribution is -2.39. The number of rotatable bonds is 5. The van der Waals surface area contributed by atoms with Gasteiger partial charge in [0.25, 0.3) is 5.91 Å². The molecule has 2 amide bonds. The average Bonchev–Trinajstić information content (AvgIpc) is 3.55. The zero-order valence-corrected chi connectivity index (χ0v) is 19.0. The fraction of sp³-hybridized carbons (Fsp3) is 0.417. The summed E-state index contributed by atoms with van der Waals surface area (Å²) in [6.07, 6.45) is 6.54. The number of aryl methyl sites for hydroxylation is 1. The molecule has 9 heteroatoms. The van der Waals surface area contributed by atoms with Crippen molar-refractivity contribution in [2.24, 2.45) is 5.92 Å². The highest BCUT2D eigenvalue weighted by atomic mass is 35.5. The van der Waals surface area contributed by atoms with Crippen molar-refractivity contribution in [1.82, 2.24) is 19.9 Å². The third-order valence-corrected chi connectivity index (χ3v) is 6.84. The Labute approximate surface area is 195 Å². The van der Waals surface area contributed by atoms with Crippen LogP contribution in [0.5, 0.6) is 0 Å². The number of carbonyl (C=O) groups excluding carboxylic acids is 2. The van der Waals surface area contributed by atoms with Crippen LogP contribution in [-0.2, 0) is 4.79 Å². The number of amides is 2. The van der Waals surface area contributed by atoms with Gasteiger partial charge in [-0.2, -0.15) is 5.10 Å². The number of hydrogen-bond acceptors (Lipinski definition) is 4. The van der Waals surface area contributed by atoms with E-state index in [4.69, 9.17) is 16.6 Å². The molecule has 33 heavy (non-hydrogen) atoms. The molecule has 2 aromatic heterocycles. The lowest BCUT2D eigenvalue weighted by Gasteiger charge is -2.28. The number of hydrogen-bond donors (Lipinski definition) is 2. The molecular formula is C24H25ClFN5O2. The summed E-state index contributed by atoms with van der Waals surface area (Å²) in [6.45, 7) is 1.97. The molecule has 2 fully saturated rings. The second kappa shape index (κ2) is 8.74. The minimum Gasteiger partial charge on any atom is -0.349 e. The molecule has 172 valence electrons. The Hall–Kier alpha value is -3.00. The first-order chi connectivity index (χ1) is 15.9. The summed E-state index contributed by atoms with van der Waals surface area (Å²) in [4.78, 5) is 30.3. The van der Waals surface area contributed by atoms with Crippen LogP contribution in [-0.4, -0.2) is 32.5 Å². The van der Waals surface area contributed by atoms with Crippen molar-refractivity contribution in [3.63, 3.8) is 0 Å². The van der Waals surface area contributed by atoms with E-state index in [0.29, 0.717) is 48.5 Å². The van der Waals surface area contributed by atoms with Crippen LogP contribution < -0.4 is 10.6 Å². The van der Waals surface area contributed by atoms with Gasteiger partial charge in [0.05, 0.1) is 16.9 Å². The molecule has 2 aliphatic carbocycles. The van der Waals surface area contributed by atoms with Crippen LogP contribution >= 0.6 is 11.6 Å². The lowest BCUT2D eigenvalue weighted by atomic mass is 9.85. The molecule has 0 saturated heterocycles. The zero-order chi connectivity index (χ0) is 23.1. The maximum Gasteiger partial charge on any atom is 0.256 e. The number of aromatic nitrogens is 3. The highest BCUT2D eigenvalue weighted by Gasteiger charge is 2.30. The van der Waals surface area contributed by atoms with Gasteiger partial charge in [-0.3, -0.25) is 9.59 Å². The number of anilines is 1. The second-order valence-electron chi connectivity index (χ2n) is 9.03. The smallest absolute Gasteiger partial charge is 0.256 e. The van der Waals surface area contributed by atoms with Crippen molar-refractivity contribution in [3.05, 3.63) is 58.3 Å². The first-order valence-corrected chi connectivity index (χ1v) is 11.7. The number of nitrogens with one attached hydrogen (secondary N) is 2. The molecule has 0 radical (unpaired) electrons. The van der Waals surface area contributed by atoms with Crippen molar-refractivity contribution >= 4 is 34.7 Å². The predicted molar refractivity (Wildman–Crippen MR) is 123 cm³/mol. The van der Waals surface area contributed by atoms with E-state index in [9.17, 15) is 14.0 Å². The Bertz CT molecular complexity index is 1230. The minimum absolute atomic E-state index is 0.0152. The Kier molecular flexibility index (Phi) is 5.78. The summed E-state index contributed by atoms with van der Waals surface area (Å²) in [5, 5.41) is 10.4. The molecule has 1 aromatic carbocycles. The SMILES string of the molecule is Cc1cc(C2CC2)nc2c(C(=O)N[C@H]3CC[C@H](C(=O)Nc4ccc(F)cc4Cl)CC3)cnn12. The van der Waals surface area contributed by atoms with Gasteiger partial charge < -0.3 is 10.6 Å². The summed E-state index contributed by atoms with van der Waals surface area (Å²) in [6, 6.07) is 5.93. The van der Waals surface area contributed by atoms with Crippen LogP contribution in [0.25, 0.3) is 5.65 Å². The molecule has 3 aromatic rings. The summed E-state index contributed by atoms with van der Waals surface area (Å²) >= 11 is 6.01. The number of nitrogens with zero attached hydrogens (tertiary/aromatic N) is 3. The Morgan fingerprint density at radius 1 is 1.12 bits per heavy atom. The first kappa shape index (κ1) is 21.8. The molecule has 2 heterocycles. The number of benzene rings is 1. The van der Waals surface area contributed by atoms with Gasteiger partial charge >= 0.3 is 0 Å². The molecule has 0 atom stereocenters. The largest absolute Gasteiger partial charge is 0.349 e. The topological polar surface area (TPSA) is 88.4 Å². The monoisotopic (exact) mass is 469 g/mol. The Balaban J connectivity index is 1.20. The Morgan fingerprint density at radius 3 is 2.58 bits per heavy atom. The molecule has 0 bridgehead atoms. The highest BCUT2D eigenvalue weighted by molar-refractivity contribution is 6.33. The number of carbonyl (C=O) groups is 2. The van der Waals surface area contributed by atoms with Gasteiger partial charge in [0.15, 0.2) is 5.65 Å². The van der Waals surface area contributed by atoms with E-state index >= 15 is 0 Å². The van der Waals surface area contributed by atoms with Crippen LogP contribution in [0.2, 0.25) is 5.02 Å². The maximum absolute atomic E-state index is 13.2. The first-order valence-electron chi connectivity index (χ1n) is 11.3. The van der Waals surface area contributed by atoms with E-state index in [-0.39, 0.29) is 28.8 Å². The fourth-order valence-corrected chi connectivity index (χ4v) is 4.69. The maximum atomic E-state index is 13.2. The summed E-state index contributed by atoms with van der Waals surface area (Å²) in [5.74, 6) is -0.457. The predicted octanol–water partition coefficient (Wildman–Crippen LogP) is 4.63. The van der Waals surface area contributed by atoms with Crippen LogP contribution in [0.4, 0.5) is 10.1 Å². The number of halogens is 2. The molecule has 5 rings (SSSR count). The van der Waals surface area contributed by atoms with Gasteiger partial charge in [0.2, 0.25) is 5.91 Å². The second-order valence-corrected chi connectivity index (χ2v) is 9.43. The molecule has 2 aliphatic rings. The molecular weight excluding hydrogens is 445 g/mol. The standard InChI is InChI=1S/C24H25ClFN5O2/c1-13-10-21(14-2-3-14)29-22-18(12-27-31(13)22)24(33)28-17-7-4-15(5-8-17)23(32)30-20-9-6-16(26)11-19(20)25/h6,9-12,14-15,17H,2-5,7-8H2,1H3,(H,28,33)(H,30,32)/t15-,17-. The van der Waals surface area contributed by atoms with Gasteiger partial charge in [0.1, 0.15) is 11.4 Å². The zero-order valence-electron chi connectivity index (χ0n) is 18.3. The molecule has 2 saturated carbocycles.